The number of fused-ring (bicyclic) bond motifs is 1. The third-order valence-corrected chi connectivity index (χ3v) is 4.26. The highest BCUT2D eigenvalue weighted by atomic mass is 16.5. The minimum absolute atomic E-state index is 0.493. The van der Waals surface area contributed by atoms with E-state index in [1.54, 1.807) is 7.11 Å². The van der Waals surface area contributed by atoms with Gasteiger partial charge in [-0.15, -0.1) is 0 Å². The highest BCUT2D eigenvalue weighted by Crippen LogP contribution is 2.48. The first-order valence-electron chi connectivity index (χ1n) is 7.36. The first-order valence-corrected chi connectivity index (χ1v) is 7.36. The summed E-state index contributed by atoms with van der Waals surface area (Å²) in [6.07, 6.45) is 3.82. The molecule has 0 spiro atoms. The fourth-order valence-corrected chi connectivity index (χ4v) is 2.67. The van der Waals surface area contributed by atoms with Crippen LogP contribution in [0.3, 0.4) is 0 Å². The van der Waals surface area contributed by atoms with Crippen molar-refractivity contribution in [3.8, 4) is 0 Å². The van der Waals surface area contributed by atoms with Crippen LogP contribution in [0.4, 0.5) is 0 Å². The molecule has 1 aliphatic rings. The van der Waals surface area contributed by atoms with Gasteiger partial charge in [0.25, 0.3) is 0 Å². The van der Waals surface area contributed by atoms with E-state index < -0.39 is 0 Å². The number of benzene rings is 1. The Morgan fingerprint density at radius 1 is 1.20 bits per heavy atom. The number of hydrogen-bond acceptors (Lipinski definition) is 3. The largest absolute Gasteiger partial charge is 0.385 e. The third kappa shape index (κ3) is 3.17. The summed E-state index contributed by atoms with van der Waals surface area (Å²) in [6.45, 7) is 2.79. The van der Waals surface area contributed by atoms with Crippen LogP contribution >= 0.6 is 0 Å². The van der Waals surface area contributed by atoms with Gasteiger partial charge >= 0.3 is 0 Å². The molecule has 0 atom stereocenters. The zero-order chi connectivity index (χ0) is 13.8. The summed E-state index contributed by atoms with van der Waals surface area (Å²) in [6, 6.07) is 12.5. The molecule has 20 heavy (non-hydrogen) atoms. The van der Waals surface area contributed by atoms with Gasteiger partial charge in [-0.3, -0.25) is 4.98 Å². The molecule has 3 nitrogen and oxygen atoms in total. The van der Waals surface area contributed by atoms with Crippen LogP contribution in [0.1, 0.15) is 25.0 Å². The van der Waals surface area contributed by atoms with E-state index in [0.29, 0.717) is 5.41 Å². The number of methoxy groups -OCH3 is 1. The van der Waals surface area contributed by atoms with Gasteiger partial charge in [0.15, 0.2) is 0 Å². The lowest BCUT2D eigenvalue weighted by Gasteiger charge is -2.15. The Kier molecular flexibility index (Phi) is 3.99. The fraction of sp³-hybridized carbons (Fsp3) is 0.471. The molecule has 0 aliphatic heterocycles. The number of hydrogen-bond donors (Lipinski definition) is 1. The van der Waals surface area contributed by atoms with Crippen molar-refractivity contribution in [2.45, 2.75) is 25.8 Å². The summed E-state index contributed by atoms with van der Waals surface area (Å²) < 4.78 is 5.19. The van der Waals surface area contributed by atoms with Crippen LogP contribution in [0.15, 0.2) is 36.4 Å². The van der Waals surface area contributed by atoms with Crippen LogP contribution in [-0.2, 0) is 11.3 Å². The average Bonchev–Trinajstić information content (AvgIpc) is 3.25. The molecule has 0 saturated heterocycles. The summed E-state index contributed by atoms with van der Waals surface area (Å²) in [7, 11) is 1.78. The Morgan fingerprint density at radius 3 is 2.85 bits per heavy atom. The van der Waals surface area contributed by atoms with Crippen molar-refractivity contribution in [2.24, 2.45) is 5.41 Å². The lowest BCUT2D eigenvalue weighted by Crippen LogP contribution is -2.25. The van der Waals surface area contributed by atoms with Crippen molar-refractivity contribution in [3.63, 3.8) is 0 Å². The van der Waals surface area contributed by atoms with E-state index in [0.717, 1.165) is 30.9 Å². The van der Waals surface area contributed by atoms with Gasteiger partial charge in [0.1, 0.15) is 0 Å². The second-order valence-electron chi connectivity index (χ2n) is 5.84. The minimum atomic E-state index is 0.493. The highest BCUT2D eigenvalue weighted by Gasteiger charge is 2.41. The zero-order valence-electron chi connectivity index (χ0n) is 12.1. The van der Waals surface area contributed by atoms with Crippen LogP contribution < -0.4 is 5.32 Å². The monoisotopic (exact) mass is 270 g/mol. The number of ether oxygens (including phenoxy) is 1. The SMILES string of the molecule is COCCC1(CNCc2ccc3ccccc3n2)CC1. The maximum absolute atomic E-state index is 5.19. The van der Waals surface area contributed by atoms with E-state index in [-0.39, 0.29) is 0 Å². The molecule has 1 saturated carbocycles. The van der Waals surface area contributed by atoms with E-state index in [9.17, 15) is 0 Å². The highest BCUT2D eigenvalue weighted by molar-refractivity contribution is 5.78. The molecule has 106 valence electrons. The second kappa shape index (κ2) is 5.90. The van der Waals surface area contributed by atoms with Crippen LogP contribution in [0.2, 0.25) is 0 Å². The van der Waals surface area contributed by atoms with Crippen LogP contribution in [0.5, 0.6) is 0 Å². The van der Waals surface area contributed by atoms with Crippen molar-refractivity contribution >= 4 is 10.9 Å². The molecule has 1 aromatic carbocycles. The molecule has 1 N–H and O–H groups in total. The summed E-state index contributed by atoms with van der Waals surface area (Å²) in [5.41, 5.74) is 2.69. The maximum Gasteiger partial charge on any atom is 0.0705 e. The van der Waals surface area contributed by atoms with Crippen LogP contribution in [0, 0.1) is 5.41 Å². The van der Waals surface area contributed by atoms with Gasteiger partial charge in [-0.2, -0.15) is 0 Å². The van der Waals surface area contributed by atoms with Crippen LogP contribution in [-0.4, -0.2) is 25.2 Å². The van der Waals surface area contributed by atoms with Gasteiger partial charge in [0.2, 0.25) is 0 Å². The van der Waals surface area contributed by atoms with Gasteiger partial charge in [0.05, 0.1) is 11.2 Å². The van der Waals surface area contributed by atoms with E-state index in [1.165, 1.54) is 24.6 Å². The molecule has 3 heteroatoms. The Bertz CT molecular complexity index is 578. The number of nitrogens with zero attached hydrogens (tertiary/aromatic N) is 1. The molecule has 2 aromatic rings. The molecule has 1 aliphatic carbocycles. The zero-order valence-corrected chi connectivity index (χ0v) is 12.1. The molecular weight excluding hydrogens is 248 g/mol. The van der Waals surface area contributed by atoms with E-state index >= 15 is 0 Å². The second-order valence-corrected chi connectivity index (χ2v) is 5.84. The Hall–Kier alpha value is -1.45. The molecule has 0 radical (unpaired) electrons. The fourth-order valence-electron chi connectivity index (χ4n) is 2.67. The summed E-state index contributed by atoms with van der Waals surface area (Å²) in [5, 5.41) is 4.76. The Morgan fingerprint density at radius 2 is 2.05 bits per heavy atom. The molecular formula is C17H22N2O. The van der Waals surface area contributed by atoms with Crippen molar-refractivity contribution in [1.82, 2.24) is 10.3 Å². The first kappa shape index (κ1) is 13.5. The Balaban J connectivity index is 1.55. The molecule has 3 rings (SSSR count). The van der Waals surface area contributed by atoms with E-state index in [1.807, 2.05) is 6.07 Å². The van der Waals surface area contributed by atoms with Crippen molar-refractivity contribution in [1.29, 1.82) is 0 Å². The lowest BCUT2D eigenvalue weighted by atomic mass is 10.0. The normalized spacial score (nSPS) is 16.4. The molecule has 1 aromatic heterocycles. The summed E-state index contributed by atoms with van der Waals surface area (Å²) in [4.78, 5) is 4.69. The van der Waals surface area contributed by atoms with Crippen molar-refractivity contribution < 1.29 is 4.74 Å². The van der Waals surface area contributed by atoms with Crippen molar-refractivity contribution in [3.05, 3.63) is 42.1 Å². The first-order chi connectivity index (χ1) is 9.81. The molecule has 0 amide bonds. The van der Waals surface area contributed by atoms with Gasteiger partial charge in [-0.05, 0) is 36.8 Å². The average molecular weight is 270 g/mol. The van der Waals surface area contributed by atoms with E-state index in [4.69, 9.17) is 9.72 Å². The van der Waals surface area contributed by atoms with Crippen LogP contribution in [0.25, 0.3) is 10.9 Å². The maximum atomic E-state index is 5.19. The Labute approximate surface area is 120 Å². The molecule has 0 unspecified atom stereocenters. The summed E-state index contributed by atoms with van der Waals surface area (Å²) in [5.74, 6) is 0. The third-order valence-electron chi connectivity index (χ3n) is 4.26. The van der Waals surface area contributed by atoms with Gasteiger partial charge < -0.3 is 10.1 Å². The van der Waals surface area contributed by atoms with Gasteiger partial charge in [-0.1, -0.05) is 24.3 Å². The standard InChI is InChI=1S/C17H22N2O/c1-20-11-10-17(8-9-17)13-18-12-15-7-6-14-4-2-3-5-16(14)19-15/h2-7,18H,8-13H2,1H3. The number of pyridine rings is 1. The lowest BCUT2D eigenvalue weighted by molar-refractivity contribution is 0.171. The number of rotatable bonds is 7. The quantitative estimate of drug-likeness (QED) is 0.839. The molecule has 1 fully saturated rings. The van der Waals surface area contributed by atoms with Gasteiger partial charge in [0, 0.05) is 32.2 Å². The van der Waals surface area contributed by atoms with Gasteiger partial charge in [-0.25, -0.2) is 0 Å². The smallest absolute Gasteiger partial charge is 0.0705 e. The summed E-state index contributed by atoms with van der Waals surface area (Å²) >= 11 is 0. The number of nitrogens with one attached hydrogen (secondary N) is 1. The predicted molar refractivity (Wildman–Crippen MR) is 81.6 cm³/mol. The minimum Gasteiger partial charge on any atom is -0.385 e. The molecule has 1 heterocycles. The topological polar surface area (TPSA) is 34.1 Å². The predicted octanol–water partition coefficient (Wildman–Crippen LogP) is 3.14. The van der Waals surface area contributed by atoms with E-state index in [2.05, 4.69) is 35.6 Å². The molecule has 0 bridgehead atoms. The number of aromatic nitrogens is 1. The van der Waals surface area contributed by atoms with Crippen molar-refractivity contribution in [2.75, 3.05) is 20.3 Å². The number of para-hydroxylation sites is 1.